The summed E-state index contributed by atoms with van der Waals surface area (Å²) >= 11 is 0. The molecule has 0 spiro atoms. The van der Waals surface area contributed by atoms with Gasteiger partial charge in [0.05, 0.1) is 5.71 Å². The standard InChI is InChI=1S/C15H17N/c1-10-6-11(14-4-5-16-14)7-12-8-15(2,3)9-13(10)12/h4-7H,8-9H2,1-3H3. The molecule has 0 radical (unpaired) electrons. The summed E-state index contributed by atoms with van der Waals surface area (Å²) in [6.07, 6.45) is 6.37. The van der Waals surface area contributed by atoms with E-state index in [4.69, 9.17) is 0 Å². The lowest BCUT2D eigenvalue weighted by Crippen LogP contribution is -2.09. The second-order valence-electron chi connectivity index (χ2n) is 5.78. The van der Waals surface area contributed by atoms with Crippen molar-refractivity contribution < 1.29 is 0 Å². The van der Waals surface area contributed by atoms with Crippen LogP contribution in [0.5, 0.6) is 0 Å². The average Bonchev–Trinajstić information content (AvgIpc) is 2.37. The van der Waals surface area contributed by atoms with Gasteiger partial charge in [-0.25, -0.2) is 0 Å². The van der Waals surface area contributed by atoms with Crippen LogP contribution in [0.3, 0.4) is 0 Å². The van der Waals surface area contributed by atoms with Gasteiger partial charge in [0.25, 0.3) is 0 Å². The summed E-state index contributed by atoms with van der Waals surface area (Å²) in [5, 5.41) is 0. The van der Waals surface area contributed by atoms with Crippen LogP contribution in [-0.4, -0.2) is 5.71 Å². The molecule has 0 aromatic heterocycles. The Morgan fingerprint density at radius 2 is 1.94 bits per heavy atom. The number of allylic oxidation sites excluding steroid dienone is 1. The third-order valence-electron chi connectivity index (χ3n) is 3.63. The van der Waals surface area contributed by atoms with Gasteiger partial charge in [-0.05, 0) is 60.1 Å². The molecule has 1 aromatic rings. The Hall–Kier alpha value is -1.37. The Balaban J connectivity index is 2.07. The molecule has 1 heteroatoms. The normalized spacial score (nSPS) is 20.3. The van der Waals surface area contributed by atoms with Crippen LogP contribution in [0, 0.1) is 12.3 Å². The summed E-state index contributed by atoms with van der Waals surface area (Å²) in [5.41, 5.74) is 7.39. The van der Waals surface area contributed by atoms with Crippen LogP contribution in [0.1, 0.15) is 36.1 Å². The Bertz CT molecular complexity index is 518. The van der Waals surface area contributed by atoms with Crippen molar-refractivity contribution in [3.05, 3.63) is 46.7 Å². The summed E-state index contributed by atoms with van der Waals surface area (Å²) in [5.74, 6) is 0. The van der Waals surface area contributed by atoms with Gasteiger partial charge in [0.1, 0.15) is 0 Å². The topological polar surface area (TPSA) is 12.4 Å². The molecule has 1 aliphatic heterocycles. The zero-order chi connectivity index (χ0) is 11.3. The third kappa shape index (κ3) is 1.42. The Kier molecular flexibility index (Phi) is 1.88. The van der Waals surface area contributed by atoms with Crippen molar-refractivity contribution in [2.45, 2.75) is 33.6 Å². The maximum Gasteiger partial charge on any atom is 0.0717 e. The fourth-order valence-electron chi connectivity index (χ4n) is 2.83. The SMILES string of the molecule is Cc1cc(C2=NC=C2)cc2c1CC(C)(C)C2. The van der Waals surface area contributed by atoms with Gasteiger partial charge < -0.3 is 0 Å². The average molecular weight is 211 g/mol. The van der Waals surface area contributed by atoms with Gasteiger partial charge in [-0.3, -0.25) is 4.99 Å². The second kappa shape index (κ2) is 3.07. The first-order valence-electron chi connectivity index (χ1n) is 5.92. The van der Waals surface area contributed by atoms with E-state index >= 15 is 0 Å². The number of fused-ring (bicyclic) bond motifs is 1. The zero-order valence-corrected chi connectivity index (χ0v) is 10.2. The van der Waals surface area contributed by atoms with Gasteiger partial charge in [0.2, 0.25) is 0 Å². The van der Waals surface area contributed by atoms with Crippen molar-refractivity contribution in [2.24, 2.45) is 10.4 Å². The maximum absolute atomic E-state index is 4.28. The number of benzene rings is 1. The van der Waals surface area contributed by atoms with E-state index in [0.717, 1.165) is 5.71 Å². The highest BCUT2D eigenvalue weighted by Gasteiger charge is 2.29. The Morgan fingerprint density at radius 1 is 1.19 bits per heavy atom. The molecule has 1 aliphatic carbocycles. The van der Waals surface area contributed by atoms with Crippen LogP contribution in [0.15, 0.2) is 29.4 Å². The van der Waals surface area contributed by atoms with E-state index in [-0.39, 0.29) is 0 Å². The molecule has 82 valence electrons. The van der Waals surface area contributed by atoms with Crippen molar-refractivity contribution in [3.8, 4) is 0 Å². The summed E-state index contributed by atoms with van der Waals surface area (Å²) < 4.78 is 0. The molecule has 16 heavy (non-hydrogen) atoms. The monoisotopic (exact) mass is 211 g/mol. The lowest BCUT2D eigenvalue weighted by atomic mass is 9.90. The molecule has 0 amide bonds. The van der Waals surface area contributed by atoms with Crippen molar-refractivity contribution >= 4 is 5.71 Å². The lowest BCUT2D eigenvalue weighted by molar-refractivity contribution is 0.392. The minimum atomic E-state index is 0.434. The van der Waals surface area contributed by atoms with Gasteiger partial charge in [-0.2, -0.15) is 0 Å². The molecule has 1 aromatic carbocycles. The van der Waals surface area contributed by atoms with Gasteiger partial charge in [-0.15, -0.1) is 0 Å². The highest BCUT2D eigenvalue weighted by molar-refractivity contribution is 6.12. The largest absolute Gasteiger partial charge is 0.256 e. The fourth-order valence-corrected chi connectivity index (χ4v) is 2.83. The molecule has 0 unspecified atom stereocenters. The number of rotatable bonds is 1. The number of aryl methyl sites for hydroxylation is 1. The van der Waals surface area contributed by atoms with Gasteiger partial charge in [-0.1, -0.05) is 13.8 Å². The predicted octanol–water partition coefficient (Wildman–Crippen LogP) is 3.44. The quantitative estimate of drug-likeness (QED) is 0.674. The van der Waals surface area contributed by atoms with Crippen LogP contribution in [0.4, 0.5) is 0 Å². The summed E-state index contributed by atoms with van der Waals surface area (Å²) in [4.78, 5) is 4.28. The second-order valence-corrected chi connectivity index (χ2v) is 5.78. The van der Waals surface area contributed by atoms with Crippen LogP contribution in [0.25, 0.3) is 0 Å². The van der Waals surface area contributed by atoms with Gasteiger partial charge >= 0.3 is 0 Å². The molecule has 0 fully saturated rings. The van der Waals surface area contributed by atoms with Crippen LogP contribution < -0.4 is 0 Å². The van der Waals surface area contributed by atoms with E-state index < -0.39 is 0 Å². The smallest absolute Gasteiger partial charge is 0.0717 e. The van der Waals surface area contributed by atoms with Crippen LogP contribution in [0.2, 0.25) is 0 Å². The first-order valence-corrected chi connectivity index (χ1v) is 5.92. The minimum Gasteiger partial charge on any atom is -0.256 e. The molecule has 0 saturated heterocycles. The summed E-state index contributed by atoms with van der Waals surface area (Å²) in [6, 6.07) is 4.61. The molecule has 0 bridgehead atoms. The Morgan fingerprint density at radius 3 is 2.56 bits per heavy atom. The highest BCUT2D eigenvalue weighted by Crippen LogP contribution is 2.38. The van der Waals surface area contributed by atoms with Crippen LogP contribution in [-0.2, 0) is 12.8 Å². The molecule has 0 saturated carbocycles. The maximum atomic E-state index is 4.28. The number of hydrogen-bond donors (Lipinski definition) is 0. The third-order valence-corrected chi connectivity index (χ3v) is 3.63. The van der Waals surface area contributed by atoms with E-state index in [2.05, 4.69) is 44.0 Å². The number of nitrogens with zero attached hydrogens (tertiary/aromatic N) is 1. The fraction of sp³-hybridized carbons (Fsp3) is 0.400. The molecule has 3 rings (SSSR count). The first kappa shape index (κ1) is 9.83. The minimum absolute atomic E-state index is 0.434. The van der Waals surface area contributed by atoms with E-state index in [0.29, 0.717) is 5.41 Å². The van der Waals surface area contributed by atoms with E-state index in [1.807, 2.05) is 6.20 Å². The van der Waals surface area contributed by atoms with Crippen LogP contribution >= 0.6 is 0 Å². The van der Waals surface area contributed by atoms with Gasteiger partial charge in [0, 0.05) is 11.8 Å². The lowest BCUT2D eigenvalue weighted by Gasteiger charge is -2.15. The predicted molar refractivity (Wildman–Crippen MR) is 68.0 cm³/mol. The van der Waals surface area contributed by atoms with E-state index in [9.17, 15) is 0 Å². The molecule has 1 heterocycles. The summed E-state index contributed by atoms with van der Waals surface area (Å²) in [7, 11) is 0. The van der Waals surface area contributed by atoms with E-state index in [1.54, 1.807) is 5.56 Å². The molecule has 0 atom stereocenters. The molecule has 2 aliphatic rings. The Labute approximate surface area is 96.9 Å². The molecular weight excluding hydrogens is 194 g/mol. The van der Waals surface area contributed by atoms with Crippen molar-refractivity contribution in [3.63, 3.8) is 0 Å². The first-order chi connectivity index (χ1) is 7.55. The molecule has 0 N–H and O–H groups in total. The highest BCUT2D eigenvalue weighted by atomic mass is 14.7. The number of aliphatic imine (C=N–C) groups is 1. The molecular formula is C15H17N. The van der Waals surface area contributed by atoms with Crippen molar-refractivity contribution in [1.82, 2.24) is 0 Å². The van der Waals surface area contributed by atoms with E-state index in [1.165, 1.54) is 29.5 Å². The van der Waals surface area contributed by atoms with Crippen molar-refractivity contribution in [1.29, 1.82) is 0 Å². The van der Waals surface area contributed by atoms with Crippen molar-refractivity contribution in [2.75, 3.05) is 0 Å². The van der Waals surface area contributed by atoms with Gasteiger partial charge in [0.15, 0.2) is 0 Å². The molecule has 1 nitrogen and oxygen atoms in total. The summed E-state index contributed by atoms with van der Waals surface area (Å²) in [6.45, 7) is 6.94. The zero-order valence-electron chi connectivity index (χ0n) is 10.2. The number of hydrogen-bond acceptors (Lipinski definition) is 1.